The summed E-state index contributed by atoms with van der Waals surface area (Å²) in [5.74, 6) is -5.50. The largest absolute Gasteiger partial charge is 0.483 e. The number of carbonyl (C=O) groups is 2. The van der Waals surface area contributed by atoms with Crippen molar-refractivity contribution in [2.75, 3.05) is 25.1 Å². The van der Waals surface area contributed by atoms with E-state index in [2.05, 4.69) is 5.32 Å². The minimum Gasteiger partial charge on any atom is -0.483 e. The summed E-state index contributed by atoms with van der Waals surface area (Å²) in [7, 11) is 0. The molecule has 0 aliphatic carbocycles. The van der Waals surface area contributed by atoms with Crippen LogP contribution in [0.3, 0.4) is 0 Å². The number of ether oxygens (including phenoxy) is 7. The lowest BCUT2D eigenvalue weighted by molar-refractivity contribution is -0.293. The van der Waals surface area contributed by atoms with Crippen molar-refractivity contribution >= 4 is 17.6 Å². The molecule has 3 aliphatic rings. The molecule has 1 amide bonds. The van der Waals surface area contributed by atoms with Crippen molar-refractivity contribution in [1.29, 1.82) is 0 Å². The Balaban J connectivity index is 1.40. The van der Waals surface area contributed by atoms with E-state index in [0.717, 1.165) is 0 Å². The van der Waals surface area contributed by atoms with Crippen molar-refractivity contribution in [2.24, 2.45) is 0 Å². The van der Waals surface area contributed by atoms with E-state index in [1.807, 2.05) is 0 Å². The number of esters is 1. The summed E-state index contributed by atoms with van der Waals surface area (Å²) in [6.45, 7) is 6.33. The molecule has 0 aromatic heterocycles. The number of hydrogen-bond acceptors (Lipinski definition) is 9. The van der Waals surface area contributed by atoms with E-state index in [4.69, 9.17) is 33.2 Å². The number of carbonyl (C=O) groups excluding carboxylic acids is 2. The van der Waals surface area contributed by atoms with Crippen molar-refractivity contribution in [3.8, 4) is 5.75 Å². The predicted molar refractivity (Wildman–Crippen MR) is 140 cm³/mol. The standard InChI is InChI=1S/C29H32F3NO9/c1-16-11-20(36-15-29(30,31)32)18(12-19(16)33-24(34)17-9-7-6-8-10-17)25(35)37-14-28-23(41-27(4,5)42-28)22-21(13-38-28)39-26(2,3)40-22/h6-12,21-23H,13-15H2,1-5H3,(H,33,34)/t21-,22-,23+,28+/m1/s1. The third kappa shape index (κ3) is 6.40. The lowest BCUT2D eigenvalue weighted by atomic mass is 9.97. The molecule has 3 aliphatic heterocycles. The summed E-state index contributed by atoms with van der Waals surface area (Å²) in [4.78, 5) is 26.2. The third-order valence-corrected chi connectivity index (χ3v) is 6.90. The van der Waals surface area contributed by atoms with Crippen LogP contribution < -0.4 is 10.1 Å². The van der Waals surface area contributed by atoms with E-state index in [-0.39, 0.29) is 23.6 Å². The smallest absolute Gasteiger partial charge is 0.422 e. The molecule has 2 aromatic rings. The Morgan fingerprint density at radius 2 is 1.74 bits per heavy atom. The molecule has 4 atom stereocenters. The summed E-state index contributed by atoms with van der Waals surface area (Å²) in [6, 6.07) is 10.7. The summed E-state index contributed by atoms with van der Waals surface area (Å²) in [6.07, 6.45) is -6.56. The fourth-order valence-corrected chi connectivity index (χ4v) is 5.23. The molecule has 3 heterocycles. The van der Waals surface area contributed by atoms with Gasteiger partial charge in [0.15, 0.2) is 18.2 Å². The molecule has 228 valence electrons. The Kier molecular flexibility index (Phi) is 7.77. The van der Waals surface area contributed by atoms with Gasteiger partial charge in [0.05, 0.1) is 6.61 Å². The highest BCUT2D eigenvalue weighted by Crippen LogP contribution is 2.47. The lowest BCUT2D eigenvalue weighted by Gasteiger charge is -2.40. The van der Waals surface area contributed by atoms with Gasteiger partial charge in [-0.3, -0.25) is 4.79 Å². The van der Waals surface area contributed by atoms with Gasteiger partial charge >= 0.3 is 12.1 Å². The van der Waals surface area contributed by atoms with Crippen LogP contribution in [0.15, 0.2) is 42.5 Å². The second kappa shape index (κ2) is 10.8. The maximum Gasteiger partial charge on any atom is 0.422 e. The SMILES string of the molecule is Cc1cc(OCC(F)(F)F)c(C(=O)OC[C@@]23OC[C@H]4OC(C)(C)O[C@H]4[C@@H]2OC(C)(C)O3)cc1NC(=O)c1ccccc1. The van der Waals surface area contributed by atoms with Gasteiger partial charge in [0, 0.05) is 11.3 Å². The molecule has 0 radical (unpaired) electrons. The van der Waals surface area contributed by atoms with Gasteiger partial charge < -0.3 is 38.5 Å². The molecule has 3 fully saturated rings. The molecule has 1 N–H and O–H groups in total. The molecule has 0 bridgehead atoms. The van der Waals surface area contributed by atoms with E-state index < -0.39 is 66.9 Å². The van der Waals surface area contributed by atoms with E-state index in [1.54, 1.807) is 65.0 Å². The van der Waals surface area contributed by atoms with Gasteiger partial charge in [0.1, 0.15) is 36.2 Å². The highest BCUT2D eigenvalue weighted by molar-refractivity contribution is 6.05. The third-order valence-electron chi connectivity index (χ3n) is 6.90. The van der Waals surface area contributed by atoms with Gasteiger partial charge in [0.2, 0.25) is 5.79 Å². The quantitative estimate of drug-likeness (QED) is 0.454. The molecule has 2 aromatic carbocycles. The maximum absolute atomic E-state index is 13.4. The summed E-state index contributed by atoms with van der Waals surface area (Å²) >= 11 is 0. The number of aryl methyl sites for hydroxylation is 1. The molecule has 10 nitrogen and oxygen atoms in total. The van der Waals surface area contributed by atoms with Crippen molar-refractivity contribution in [1.82, 2.24) is 0 Å². The number of halogens is 3. The van der Waals surface area contributed by atoms with Crippen LogP contribution in [0.2, 0.25) is 0 Å². The first-order chi connectivity index (χ1) is 19.6. The second-order valence-corrected chi connectivity index (χ2v) is 11.3. The number of fused-ring (bicyclic) bond motifs is 3. The van der Waals surface area contributed by atoms with Crippen molar-refractivity contribution in [3.63, 3.8) is 0 Å². The zero-order valence-corrected chi connectivity index (χ0v) is 23.7. The molecule has 0 saturated carbocycles. The molecular weight excluding hydrogens is 563 g/mol. The summed E-state index contributed by atoms with van der Waals surface area (Å²) in [5, 5.41) is 2.68. The average molecular weight is 596 g/mol. The Labute approximate surface area is 240 Å². The molecule has 0 unspecified atom stereocenters. The molecule has 42 heavy (non-hydrogen) atoms. The van der Waals surface area contributed by atoms with E-state index in [1.165, 1.54) is 12.1 Å². The number of anilines is 1. The highest BCUT2D eigenvalue weighted by atomic mass is 19.4. The highest BCUT2D eigenvalue weighted by Gasteiger charge is 2.66. The molecular formula is C29H32F3NO9. The summed E-state index contributed by atoms with van der Waals surface area (Å²) in [5.41, 5.74) is 0.556. The minimum absolute atomic E-state index is 0.0573. The van der Waals surface area contributed by atoms with Crippen LogP contribution in [0.1, 0.15) is 54.0 Å². The van der Waals surface area contributed by atoms with Gasteiger partial charge in [-0.1, -0.05) is 18.2 Å². The Morgan fingerprint density at radius 3 is 2.43 bits per heavy atom. The maximum atomic E-state index is 13.4. The molecule has 13 heteroatoms. The zero-order valence-electron chi connectivity index (χ0n) is 23.7. The normalized spacial score (nSPS) is 27.6. The number of amides is 1. The number of hydrogen-bond donors (Lipinski definition) is 1. The van der Waals surface area contributed by atoms with Crippen molar-refractivity contribution in [2.45, 2.75) is 76.5 Å². The first-order valence-corrected chi connectivity index (χ1v) is 13.3. The number of benzene rings is 2. The van der Waals surface area contributed by atoms with Crippen LogP contribution in [0.25, 0.3) is 0 Å². The first kappa shape index (κ1) is 30.2. The number of alkyl halides is 3. The Hall–Kier alpha value is -3.23. The van der Waals surface area contributed by atoms with Gasteiger partial charge in [-0.15, -0.1) is 0 Å². The lowest BCUT2D eigenvalue weighted by Crippen LogP contribution is -2.60. The van der Waals surface area contributed by atoms with E-state index in [0.29, 0.717) is 11.1 Å². The Morgan fingerprint density at radius 1 is 1.02 bits per heavy atom. The van der Waals surface area contributed by atoms with Gasteiger partial charge in [0.25, 0.3) is 5.91 Å². The molecule has 5 rings (SSSR count). The monoisotopic (exact) mass is 595 g/mol. The van der Waals surface area contributed by atoms with E-state index in [9.17, 15) is 22.8 Å². The average Bonchev–Trinajstić information content (AvgIpc) is 3.38. The van der Waals surface area contributed by atoms with Crippen LogP contribution >= 0.6 is 0 Å². The molecule has 0 spiro atoms. The number of rotatable bonds is 7. The summed E-state index contributed by atoms with van der Waals surface area (Å²) < 4.78 is 79.7. The van der Waals surface area contributed by atoms with Crippen LogP contribution in [0.5, 0.6) is 5.75 Å². The first-order valence-electron chi connectivity index (χ1n) is 13.3. The van der Waals surface area contributed by atoms with E-state index >= 15 is 0 Å². The predicted octanol–water partition coefficient (Wildman–Crippen LogP) is 4.74. The zero-order chi connectivity index (χ0) is 30.5. The van der Waals surface area contributed by atoms with Crippen LogP contribution in [-0.4, -0.2) is 73.5 Å². The van der Waals surface area contributed by atoms with Crippen molar-refractivity contribution in [3.05, 3.63) is 59.2 Å². The minimum atomic E-state index is -4.66. The fraction of sp³-hybridized carbons (Fsp3) is 0.517. The van der Waals surface area contributed by atoms with Gasteiger partial charge in [-0.25, -0.2) is 4.79 Å². The van der Waals surface area contributed by atoms with Gasteiger partial charge in [-0.05, 0) is 64.4 Å². The topological polar surface area (TPSA) is 111 Å². The second-order valence-electron chi connectivity index (χ2n) is 11.3. The Bertz CT molecular complexity index is 1350. The number of nitrogens with one attached hydrogen (secondary N) is 1. The van der Waals surface area contributed by atoms with Crippen LogP contribution in [-0.2, 0) is 28.4 Å². The van der Waals surface area contributed by atoms with Crippen LogP contribution in [0, 0.1) is 6.92 Å². The fourth-order valence-electron chi connectivity index (χ4n) is 5.23. The van der Waals surface area contributed by atoms with Crippen molar-refractivity contribution < 1.29 is 55.9 Å². The molecule has 3 saturated heterocycles. The van der Waals surface area contributed by atoms with Crippen LogP contribution in [0.4, 0.5) is 18.9 Å². The van der Waals surface area contributed by atoms with Gasteiger partial charge in [-0.2, -0.15) is 13.2 Å².